The minimum absolute atomic E-state index is 0.0666. The summed E-state index contributed by atoms with van der Waals surface area (Å²) in [6.45, 7) is 3.26. The van der Waals surface area contributed by atoms with Crippen LogP contribution in [-0.4, -0.2) is 47.8 Å². The molecule has 2 aliphatic carbocycles. The Hall–Kier alpha value is -4.26. The summed E-state index contributed by atoms with van der Waals surface area (Å²) in [5.74, 6) is -0.246. The molecule has 4 N–H and O–H groups in total. The lowest BCUT2D eigenvalue weighted by Gasteiger charge is -2.16. The first-order chi connectivity index (χ1) is 22.2. The molecule has 0 unspecified atom stereocenters. The summed E-state index contributed by atoms with van der Waals surface area (Å²) in [6.07, 6.45) is 12.3. The molecule has 46 heavy (non-hydrogen) atoms. The summed E-state index contributed by atoms with van der Waals surface area (Å²) in [5, 5.41) is 16.7. The number of aryl methyl sites for hydroxylation is 4. The van der Waals surface area contributed by atoms with E-state index in [1.807, 2.05) is 0 Å². The van der Waals surface area contributed by atoms with Crippen LogP contribution < -0.4 is 20.7 Å². The number of rotatable bonds is 15. The first kappa shape index (κ1) is 33.1. The van der Waals surface area contributed by atoms with Crippen molar-refractivity contribution in [2.45, 2.75) is 102 Å². The molecule has 3 aromatic rings. The van der Waals surface area contributed by atoms with Crippen LogP contribution in [0, 0.1) is 0 Å². The number of fused-ring (bicyclic) bond motifs is 2. The minimum Gasteiger partial charge on any atom is -0.356 e. The normalized spacial score (nSPS) is 13.6. The van der Waals surface area contributed by atoms with Gasteiger partial charge in [0.2, 0.25) is 11.8 Å². The van der Waals surface area contributed by atoms with Gasteiger partial charge in [-0.3, -0.25) is 14.3 Å². The fourth-order valence-corrected chi connectivity index (χ4v) is 7.10. The Balaban J connectivity index is 1.08. The molecule has 5 rings (SSSR count). The highest BCUT2D eigenvalue weighted by molar-refractivity contribution is 7.90. The van der Waals surface area contributed by atoms with Gasteiger partial charge in [-0.15, -0.1) is 5.10 Å². The fourth-order valence-electron chi connectivity index (χ4n) is 6.15. The standard InChI is InChI=1S/C33H43N7O5S/c1-2-3-4-15-30(41)34-18-8-19-40-22-26(37-39-40)16-17-31(42)35-25-11-7-12-27(21-25)46(44,45)38-33(43)36-32-28-13-5-9-23(28)20-24-10-6-14-29(24)32/h7,11-12,20-22H,2-6,8-10,13-19H2,1H3,(H,34,41)(H,35,42)(H2,36,38,43). The Morgan fingerprint density at radius 1 is 0.891 bits per heavy atom. The van der Waals surface area contributed by atoms with Crippen molar-refractivity contribution in [1.29, 1.82) is 0 Å². The zero-order valence-corrected chi connectivity index (χ0v) is 27.2. The summed E-state index contributed by atoms with van der Waals surface area (Å²) in [7, 11) is -4.20. The van der Waals surface area contributed by atoms with Gasteiger partial charge in [-0.1, -0.05) is 37.1 Å². The monoisotopic (exact) mass is 649 g/mol. The van der Waals surface area contributed by atoms with Crippen molar-refractivity contribution in [2.75, 3.05) is 17.2 Å². The number of hydrogen-bond donors (Lipinski definition) is 4. The summed E-state index contributed by atoms with van der Waals surface area (Å²) in [5.41, 5.74) is 6.41. The Morgan fingerprint density at radius 3 is 2.39 bits per heavy atom. The van der Waals surface area contributed by atoms with Crippen LogP contribution in [0.25, 0.3) is 0 Å². The van der Waals surface area contributed by atoms with Crippen LogP contribution in [0.15, 0.2) is 41.4 Å². The Bertz CT molecular complexity index is 1650. The van der Waals surface area contributed by atoms with Crippen LogP contribution in [0.5, 0.6) is 0 Å². The smallest absolute Gasteiger partial charge is 0.333 e. The highest BCUT2D eigenvalue weighted by atomic mass is 32.2. The predicted octanol–water partition coefficient (Wildman–Crippen LogP) is 4.42. The minimum atomic E-state index is -4.20. The Morgan fingerprint density at radius 2 is 1.65 bits per heavy atom. The number of urea groups is 1. The Kier molecular flexibility index (Phi) is 11.1. The average molecular weight is 650 g/mol. The third kappa shape index (κ3) is 8.71. The summed E-state index contributed by atoms with van der Waals surface area (Å²) in [6, 6.07) is 7.24. The van der Waals surface area contributed by atoms with E-state index in [9.17, 15) is 22.8 Å². The van der Waals surface area contributed by atoms with E-state index in [-0.39, 0.29) is 23.1 Å². The van der Waals surface area contributed by atoms with Gasteiger partial charge in [-0.25, -0.2) is 17.9 Å². The molecule has 1 aromatic heterocycles. The molecule has 246 valence electrons. The summed E-state index contributed by atoms with van der Waals surface area (Å²) in [4.78, 5) is 37.3. The van der Waals surface area contributed by atoms with Crippen LogP contribution in [0.4, 0.5) is 16.2 Å². The number of anilines is 2. The summed E-state index contributed by atoms with van der Waals surface area (Å²) < 4.78 is 30.0. The zero-order chi connectivity index (χ0) is 32.5. The molecule has 0 atom stereocenters. The number of benzene rings is 2. The molecule has 0 saturated heterocycles. The molecule has 2 aliphatic rings. The second-order valence-corrected chi connectivity index (χ2v) is 13.7. The highest BCUT2D eigenvalue weighted by Crippen LogP contribution is 2.38. The molecule has 0 fully saturated rings. The van der Waals surface area contributed by atoms with Crippen LogP contribution in [0.2, 0.25) is 0 Å². The van der Waals surface area contributed by atoms with E-state index in [4.69, 9.17) is 0 Å². The van der Waals surface area contributed by atoms with Crippen molar-refractivity contribution in [3.63, 3.8) is 0 Å². The number of carbonyl (C=O) groups excluding carboxylic acids is 3. The van der Waals surface area contributed by atoms with Gasteiger partial charge < -0.3 is 16.0 Å². The van der Waals surface area contributed by atoms with Crippen molar-refractivity contribution in [3.05, 3.63) is 64.5 Å². The number of carbonyl (C=O) groups is 3. The van der Waals surface area contributed by atoms with Gasteiger partial charge in [0, 0.05) is 49.9 Å². The van der Waals surface area contributed by atoms with Gasteiger partial charge in [-0.05, 0) is 91.8 Å². The number of nitrogens with zero attached hydrogens (tertiary/aromatic N) is 3. The molecule has 12 nitrogen and oxygen atoms in total. The van der Waals surface area contributed by atoms with E-state index in [1.54, 1.807) is 16.9 Å². The van der Waals surface area contributed by atoms with Crippen molar-refractivity contribution in [2.24, 2.45) is 0 Å². The molecule has 0 saturated carbocycles. The topological polar surface area (TPSA) is 164 Å². The SMILES string of the molecule is CCCCCC(=O)NCCCn1cc(CCC(=O)Nc2cccc(S(=O)(=O)NC(=O)Nc3c4c(cc5c3CCC5)CCC4)c2)nn1. The number of unbranched alkanes of at least 4 members (excludes halogenated alkanes) is 2. The predicted molar refractivity (Wildman–Crippen MR) is 175 cm³/mol. The van der Waals surface area contributed by atoms with Crippen molar-refractivity contribution < 1.29 is 22.8 Å². The molecule has 2 aromatic carbocycles. The first-order valence-electron chi connectivity index (χ1n) is 16.3. The lowest BCUT2D eigenvalue weighted by Crippen LogP contribution is -2.35. The van der Waals surface area contributed by atoms with Crippen molar-refractivity contribution >= 4 is 39.2 Å². The quantitative estimate of drug-likeness (QED) is 0.177. The van der Waals surface area contributed by atoms with Gasteiger partial charge in [0.05, 0.1) is 10.6 Å². The number of hydrogen-bond acceptors (Lipinski definition) is 7. The lowest BCUT2D eigenvalue weighted by atomic mass is 9.99. The van der Waals surface area contributed by atoms with Gasteiger partial charge in [0.1, 0.15) is 0 Å². The maximum absolute atomic E-state index is 13.1. The molecule has 0 aliphatic heterocycles. The number of sulfonamides is 1. The molecule has 1 heterocycles. The van der Waals surface area contributed by atoms with Crippen molar-refractivity contribution in [3.8, 4) is 0 Å². The number of nitrogens with one attached hydrogen (secondary N) is 4. The van der Waals surface area contributed by atoms with Crippen LogP contribution in [0.3, 0.4) is 0 Å². The molecular weight excluding hydrogens is 606 g/mol. The van der Waals surface area contributed by atoms with E-state index >= 15 is 0 Å². The molecule has 0 radical (unpaired) electrons. The third-order valence-electron chi connectivity index (χ3n) is 8.45. The highest BCUT2D eigenvalue weighted by Gasteiger charge is 2.26. The van der Waals surface area contributed by atoms with E-state index in [0.717, 1.165) is 81.0 Å². The van der Waals surface area contributed by atoms with Gasteiger partial charge >= 0.3 is 6.03 Å². The second kappa shape index (κ2) is 15.4. The molecule has 0 spiro atoms. The van der Waals surface area contributed by atoms with Crippen LogP contribution in [-0.2, 0) is 58.3 Å². The van der Waals surface area contributed by atoms with Gasteiger partial charge in [0.25, 0.3) is 10.0 Å². The largest absolute Gasteiger partial charge is 0.356 e. The molecule has 13 heteroatoms. The second-order valence-electron chi connectivity index (χ2n) is 12.0. The van der Waals surface area contributed by atoms with E-state index in [1.165, 1.54) is 29.3 Å². The van der Waals surface area contributed by atoms with Crippen molar-refractivity contribution in [1.82, 2.24) is 25.0 Å². The van der Waals surface area contributed by atoms with Gasteiger partial charge in [-0.2, -0.15) is 0 Å². The number of amides is 4. The average Bonchev–Trinajstić information content (AvgIpc) is 3.80. The maximum Gasteiger partial charge on any atom is 0.333 e. The summed E-state index contributed by atoms with van der Waals surface area (Å²) >= 11 is 0. The lowest BCUT2D eigenvalue weighted by molar-refractivity contribution is -0.121. The third-order valence-corrected chi connectivity index (χ3v) is 9.78. The van der Waals surface area contributed by atoms with Gasteiger partial charge in [0.15, 0.2) is 0 Å². The van der Waals surface area contributed by atoms with E-state index in [0.29, 0.717) is 37.3 Å². The first-order valence-corrected chi connectivity index (χ1v) is 17.8. The fraction of sp³-hybridized carbons (Fsp3) is 0.485. The molecule has 0 bridgehead atoms. The zero-order valence-electron chi connectivity index (χ0n) is 26.4. The number of aromatic nitrogens is 3. The maximum atomic E-state index is 13.1. The molecular formula is C33H43N7O5S. The Labute approximate surface area is 270 Å². The van der Waals surface area contributed by atoms with Crippen LogP contribution in [0.1, 0.15) is 86.2 Å². The van der Waals surface area contributed by atoms with Crippen LogP contribution >= 0.6 is 0 Å². The van der Waals surface area contributed by atoms with E-state index in [2.05, 4.69) is 44.0 Å². The molecule has 4 amide bonds. The van der Waals surface area contributed by atoms with E-state index < -0.39 is 16.1 Å².